The van der Waals surface area contributed by atoms with E-state index in [0.29, 0.717) is 5.69 Å². The highest BCUT2D eigenvalue weighted by Gasteiger charge is 2.19. The number of nitrogens with one attached hydrogen (secondary N) is 1. The zero-order valence-electron chi connectivity index (χ0n) is 10.8. The van der Waals surface area contributed by atoms with Crippen LogP contribution in [0.1, 0.15) is 10.4 Å². The minimum absolute atomic E-state index is 0.0188. The van der Waals surface area contributed by atoms with Crippen molar-refractivity contribution in [2.24, 2.45) is 0 Å². The molecule has 1 heterocycles. The molecule has 0 aliphatic heterocycles. The van der Waals surface area contributed by atoms with Gasteiger partial charge in [-0.3, -0.25) is 9.59 Å². The number of para-hydroxylation sites is 1. The van der Waals surface area contributed by atoms with Gasteiger partial charge in [0.1, 0.15) is 0 Å². The Morgan fingerprint density at radius 1 is 1.25 bits per heavy atom. The number of rotatable bonds is 4. The van der Waals surface area contributed by atoms with E-state index in [9.17, 15) is 9.59 Å². The summed E-state index contributed by atoms with van der Waals surface area (Å²) in [5.41, 5.74) is 0.918. The monoisotopic (exact) mass is 292 g/mol. The minimum Gasteiger partial charge on any atom is -0.452 e. The van der Waals surface area contributed by atoms with Crippen molar-refractivity contribution in [2.75, 3.05) is 18.9 Å². The van der Waals surface area contributed by atoms with Crippen LogP contribution < -0.4 is 5.32 Å². The molecule has 0 spiro atoms. The van der Waals surface area contributed by atoms with Gasteiger partial charge in [-0.2, -0.15) is 0 Å². The van der Waals surface area contributed by atoms with Crippen LogP contribution in [0.25, 0.3) is 0 Å². The number of likely N-dealkylation sites (N-methyl/N-ethyl adjacent to an activating group) is 1. The number of halogens is 1. The molecule has 2 aromatic rings. The second kappa shape index (κ2) is 6.25. The first-order valence-corrected chi connectivity index (χ1v) is 6.29. The van der Waals surface area contributed by atoms with Crippen molar-refractivity contribution in [3.8, 4) is 0 Å². The highest BCUT2D eigenvalue weighted by Crippen LogP contribution is 2.18. The standard InChI is InChI=1S/C14H13ClN2O3/c1-17(14(19)11-7-8-20-13(11)15)9-12(18)16-10-5-3-2-4-6-10/h2-8H,9H2,1H3,(H,16,18). The van der Waals surface area contributed by atoms with E-state index < -0.39 is 0 Å². The number of nitrogens with zero attached hydrogens (tertiary/aromatic N) is 1. The molecular weight excluding hydrogens is 280 g/mol. The van der Waals surface area contributed by atoms with Crippen LogP contribution >= 0.6 is 11.6 Å². The lowest BCUT2D eigenvalue weighted by atomic mass is 10.3. The van der Waals surface area contributed by atoms with E-state index in [-0.39, 0.29) is 29.1 Å². The minimum atomic E-state index is -0.369. The lowest BCUT2D eigenvalue weighted by Crippen LogP contribution is -2.34. The van der Waals surface area contributed by atoms with Gasteiger partial charge in [-0.15, -0.1) is 0 Å². The van der Waals surface area contributed by atoms with Crippen LogP contribution in [0.4, 0.5) is 5.69 Å². The van der Waals surface area contributed by atoms with Gasteiger partial charge in [0.05, 0.1) is 18.4 Å². The molecule has 1 N–H and O–H groups in total. The fraction of sp³-hybridized carbons (Fsp3) is 0.143. The Labute approximate surface area is 121 Å². The molecule has 0 bridgehead atoms. The first kappa shape index (κ1) is 14.1. The molecule has 0 aliphatic carbocycles. The lowest BCUT2D eigenvalue weighted by Gasteiger charge is -2.16. The molecule has 6 heteroatoms. The maximum atomic E-state index is 12.0. The topological polar surface area (TPSA) is 62.6 Å². The SMILES string of the molecule is CN(CC(=O)Nc1ccccc1)C(=O)c1ccoc1Cl. The van der Waals surface area contributed by atoms with Gasteiger partial charge >= 0.3 is 0 Å². The molecule has 20 heavy (non-hydrogen) atoms. The summed E-state index contributed by atoms with van der Waals surface area (Å²) < 4.78 is 4.85. The summed E-state index contributed by atoms with van der Waals surface area (Å²) in [6, 6.07) is 10.5. The van der Waals surface area contributed by atoms with Crippen molar-refractivity contribution in [1.82, 2.24) is 4.90 Å². The third-order valence-corrected chi connectivity index (χ3v) is 2.93. The van der Waals surface area contributed by atoms with E-state index in [1.54, 1.807) is 12.1 Å². The molecule has 0 atom stereocenters. The second-order valence-corrected chi connectivity index (χ2v) is 4.53. The molecule has 2 rings (SSSR count). The third kappa shape index (κ3) is 3.39. The van der Waals surface area contributed by atoms with Crippen molar-refractivity contribution in [3.63, 3.8) is 0 Å². The number of amides is 2. The molecule has 1 aromatic heterocycles. The highest BCUT2D eigenvalue weighted by molar-refractivity contribution is 6.32. The quantitative estimate of drug-likeness (QED) is 0.942. The summed E-state index contributed by atoms with van der Waals surface area (Å²) in [4.78, 5) is 25.1. The first-order valence-electron chi connectivity index (χ1n) is 5.91. The summed E-state index contributed by atoms with van der Waals surface area (Å²) in [5, 5.41) is 2.72. The number of anilines is 1. The van der Waals surface area contributed by atoms with E-state index in [4.69, 9.17) is 16.0 Å². The van der Waals surface area contributed by atoms with Gasteiger partial charge < -0.3 is 14.6 Å². The second-order valence-electron chi connectivity index (χ2n) is 4.18. The Kier molecular flexibility index (Phi) is 4.42. The summed E-state index contributed by atoms with van der Waals surface area (Å²) in [5.74, 6) is -0.654. The van der Waals surface area contributed by atoms with E-state index in [0.717, 1.165) is 0 Å². The van der Waals surface area contributed by atoms with Crippen LogP contribution in [0.5, 0.6) is 0 Å². The number of furan rings is 1. The van der Waals surface area contributed by atoms with Crippen LogP contribution in [0.2, 0.25) is 5.22 Å². The number of carbonyl (C=O) groups excluding carboxylic acids is 2. The van der Waals surface area contributed by atoms with Gasteiger partial charge in [-0.05, 0) is 29.8 Å². The number of hydrogen-bond acceptors (Lipinski definition) is 3. The summed E-state index contributed by atoms with van der Waals surface area (Å²) in [7, 11) is 1.52. The predicted molar refractivity (Wildman–Crippen MR) is 75.8 cm³/mol. The third-order valence-electron chi connectivity index (χ3n) is 2.63. The maximum Gasteiger partial charge on any atom is 0.258 e. The van der Waals surface area contributed by atoms with Gasteiger partial charge in [0, 0.05) is 12.7 Å². The highest BCUT2D eigenvalue weighted by atomic mass is 35.5. The molecule has 0 unspecified atom stereocenters. The molecule has 104 valence electrons. The number of hydrogen-bond donors (Lipinski definition) is 1. The van der Waals surface area contributed by atoms with Gasteiger partial charge in [0.2, 0.25) is 11.1 Å². The van der Waals surface area contributed by atoms with E-state index in [2.05, 4.69) is 5.32 Å². The Hall–Kier alpha value is -2.27. The van der Waals surface area contributed by atoms with Crippen LogP contribution in [0.3, 0.4) is 0 Å². The number of benzene rings is 1. The van der Waals surface area contributed by atoms with Crippen LogP contribution in [-0.2, 0) is 4.79 Å². The number of carbonyl (C=O) groups is 2. The Balaban J connectivity index is 1.94. The first-order chi connectivity index (χ1) is 9.58. The summed E-state index contributed by atoms with van der Waals surface area (Å²) in [6.07, 6.45) is 1.33. The van der Waals surface area contributed by atoms with E-state index in [1.807, 2.05) is 18.2 Å². The molecule has 0 aliphatic rings. The van der Waals surface area contributed by atoms with Crippen LogP contribution in [0, 0.1) is 0 Å². The zero-order chi connectivity index (χ0) is 14.5. The lowest BCUT2D eigenvalue weighted by molar-refractivity contribution is -0.116. The Bertz CT molecular complexity index is 610. The normalized spacial score (nSPS) is 10.1. The predicted octanol–water partition coefficient (Wildman–Crippen LogP) is 2.64. The molecule has 0 radical (unpaired) electrons. The molecular formula is C14H13ClN2O3. The van der Waals surface area contributed by atoms with Crippen molar-refractivity contribution in [2.45, 2.75) is 0 Å². The summed E-state index contributed by atoms with van der Waals surface area (Å²) >= 11 is 5.73. The van der Waals surface area contributed by atoms with Gasteiger partial charge in [0.25, 0.3) is 5.91 Å². The van der Waals surface area contributed by atoms with Crippen LogP contribution in [0.15, 0.2) is 47.1 Å². The fourth-order valence-corrected chi connectivity index (χ4v) is 1.86. The molecule has 0 saturated carbocycles. The molecule has 2 amide bonds. The molecule has 0 saturated heterocycles. The van der Waals surface area contributed by atoms with Crippen LogP contribution in [-0.4, -0.2) is 30.3 Å². The zero-order valence-corrected chi connectivity index (χ0v) is 11.6. The fourth-order valence-electron chi connectivity index (χ4n) is 1.66. The van der Waals surface area contributed by atoms with Gasteiger partial charge in [-0.1, -0.05) is 18.2 Å². The van der Waals surface area contributed by atoms with E-state index in [1.165, 1.54) is 24.3 Å². The van der Waals surface area contributed by atoms with Crippen molar-refractivity contribution < 1.29 is 14.0 Å². The average Bonchev–Trinajstić information content (AvgIpc) is 2.85. The van der Waals surface area contributed by atoms with Crippen molar-refractivity contribution in [3.05, 3.63) is 53.4 Å². The van der Waals surface area contributed by atoms with Crippen molar-refractivity contribution >= 4 is 29.1 Å². The Morgan fingerprint density at radius 3 is 2.55 bits per heavy atom. The van der Waals surface area contributed by atoms with Gasteiger partial charge in [0.15, 0.2) is 0 Å². The van der Waals surface area contributed by atoms with Gasteiger partial charge in [-0.25, -0.2) is 0 Å². The van der Waals surface area contributed by atoms with E-state index >= 15 is 0 Å². The maximum absolute atomic E-state index is 12.0. The molecule has 1 aromatic carbocycles. The molecule has 5 nitrogen and oxygen atoms in total. The molecule has 0 fully saturated rings. The average molecular weight is 293 g/mol. The van der Waals surface area contributed by atoms with Crippen molar-refractivity contribution in [1.29, 1.82) is 0 Å². The Morgan fingerprint density at radius 2 is 1.95 bits per heavy atom. The summed E-state index contributed by atoms with van der Waals surface area (Å²) in [6.45, 7) is -0.0742. The largest absolute Gasteiger partial charge is 0.452 e. The smallest absolute Gasteiger partial charge is 0.258 e.